The molecule has 0 spiro atoms. The average Bonchev–Trinajstić information content (AvgIpc) is 2.59. The van der Waals surface area contributed by atoms with Crippen molar-refractivity contribution in [2.75, 3.05) is 43.3 Å². The Hall–Kier alpha value is -2.05. The molecule has 1 heterocycles. The van der Waals surface area contributed by atoms with Crippen LogP contribution in [0.4, 0.5) is 11.4 Å². The first-order chi connectivity index (χ1) is 12.0. The van der Waals surface area contributed by atoms with Gasteiger partial charge in [-0.15, -0.1) is 11.8 Å². The number of hydrogen-bond donors (Lipinski definition) is 1. The Morgan fingerprint density at radius 1 is 1.20 bits per heavy atom. The van der Waals surface area contributed by atoms with Crippen LogP contribution in [0.1, 0.15) is 0 Å². The van der Waals surface area contributed by atoms with Gasteiger partial charge in [0.05, 0.1) is 22.2 Å². The molecule has 0 saturated heterocycles. The Morgan fingerprint density at radius 3 is 2.72 bits per heavy atom. The van der Waals surface area contributed by atoms with Gasteiger partial charge in [-0.05, 0) is 30.3 Å². The van der Waals surface area contributed by atoms with Crippen molar-refractivity contribution in [3.8, 4) is 11.5 Å². The highest BCUT2D eigenvalue weighted by atomic mass is 35.5. The first-order valence-corrected chi connectivity index (χ1v) is 9.19. The van der Waals surface area contributed by atoms with Crippen molar-refractivity contribution in [2.45, 2.75) is 4.90 Å². The fraction of sp³-hybridized carbons (Fsp3) is 0.278. The van der Waals surface area contributed by atoms with Crippen molar-refractivity contribution in [1.29, 1.82) is 0 Å². The van der Waals surface area contributed by atoms with Crippen molar-refractivity contribution in [3.63, 3.8) is 0 Å². The van der Waals surface area contributed by atoms with E-state index in [1.807, 2.05) is 49.3 Å². The van der Waals surface area contributed by atoms with Gasteiger partial charge in [0.15, 0.2) is 11.5 Å². The lowest BCUT2D eigenvalue weighted by Gasteiger charge is -2.20. The average molecular weight is 379 g/mol. The molecule has 132 valence electrons. The minimum absolute atomic E-state index is 0.0924. The molecule has 1 aliphatic rings. The Bertz CT molecular complexity index is 783. The maximum absolute atomic E-state index is 12.3. The summed E-state index contributed by atoms with van der Waals surface area (Å²) < 4.78 is 11.1. The lowest BCUT2D eigenvalue weighted by Crippen LogP contribution is -2.18. The van der Waals surface area contributed by atoms with Gasteiger partial charge in [-0.1, -0.05) is 17.7 Å². The highest BCUT2D eigenvalue weighted by Gasteiger charge is 2.14. The molecular formula is C18H19ClN2O3S. The second-order valence-electron chi connectivity index (χ2n) is 5.67. The van der Waals surface area contributed by atoms with E-state index in [1.54, 1.807) is 6.07 Å². The SMILES string of the molecule is CN(C)c1c(Cl)cccc1NC(=O)CSc1ccc2c(c1)OCCO2. The predicted octanol–water partition coefficient (Wildman–Crippen LogP) is 3.91. The van der Waals surface area contributed by atoms with Crippen LogP contribution in [0.5, 0.6) is 11.5 Å². The second-order valence-corrected chi connectivity index (χ2v) is 7.13. The van der Waals surface area contributed by atoms with Gasteiger partial charge in [0, 0.05) is 19.0 Å². The third-order valence-corrected chi connectivity index (χ3v) is 4.89. The van der Waals surface area contributed by atoms with E-state index in [4.69, 9.17) is 21.1 Å². The number of nitrogens with zero attached hydrogens (tertiary/aromatic N) is 1. The summed E-state index contributed by atoms with van der Waals surface area (Å²) in [6.07, 6.45) is 0. The molecule has 0 unspecified atom stereocenters. The van der Waals surface area contributed by atoms with Gasteiger partial charge in [-0.3, -0.25) is 4.79 Å². The Kier molecular flexibility index (Phi) is 5.60. The summed E-state index contributed by atoms with van der Waals surface area (Å²) in [5, 5.41) is 3.52. The molecule has 7 heteroatoms. The number of carbonyl (C=O) groups is 1. The molecule has 25 heavy (non-hydrogen) atoms. The first kappa shape index (κ1) is 17.8. The van der Waals surface area contributed by atoms with Crippen molar-refractivity contribution in [1.82, 2.24) is 0 Å². The molecule has 0 aliphatic carbocycles. The van der Waals surface area contributed by atoms with Gasteiger partial charge in [0.2, 0.25) is 5.91 Å². The maximum Gasteiger partial charge on any atom is 0.234 e. The van der Waals surface area contributed by atoms with Crippen LogP contribution in [0.3, 0.4) is 0 Å². The number of para-hydroxylation sites is 1. The molecule has 3 rings (SSSR count). The van der Waals surface area contributed by atoms with Gasteiger partial charge in [0.25, 0.3) is 0 Å². The fourth-order valence-corrected chi connectivity index (χ4v) is 3.59. The Balaban J connectivity index is 1.63. The van der Waals surface area contributed by atoms with E-state index in [0.29, 0.717) is 29.7 Å². The molecule has 0 aromatic heterocycles. The van der Waals surface area contributed by atoms with Crippen molar-refractivity contribution < 1.29 is 14.3 Å². The van der Waals surface area contributed by atoms with E-state index in [1.165, 1.54) is 11.8 Å². The standard InChI is InChI=1S/C18H19ClN2O3S/c1-21(2)18-13(19)4-3-5-14(18)20-17(22)11-25-12-6-7-15-16(10-12)24-9-8-23-15/h3-7,10H,8-9,11H2,1-2H3,(H,20,22). The topological polar surface area (TPSA) is 50.8 Å². The number of anilines is 2. The van der Waals surface area contributed by atoms with E-state index in [9.17, 15) is 4.79 Å². The van der Waals surface area contributed by atoms with Crippen molar-refractivity contribution in [3.05, 3.63) is 41.4 Å². The van der Waals surface area contributed by atoms with Crippen molar-refractivity contribution in [2.24, 2.45) is 0 Å². The number of ether oxygens (including phenoxy) is 2. The minimum atomic E-state index is -0.0924. The summed E-state index contributed by atoms with van der Waals surface area (Å²) in [5.41, 5.74) is 1.49. The predicted molar refractivity (Wildman–Crippen MR) is 103 cm³/mol. The van der Waals surface area contributed by atoms with Gasteiger partial charge >= 0.3 is 0 Å². The van der Waals surface area contributed by atoms with Crippen LogP contribution in [0.15, 0.2) is 41.3 Å². The van der Waals surface area contributed by atoms with Gasteiger partial charge in [-0.2, -0.15) is 0 Å². The third kappa shape index (κ3) is 4.32. The highest BCUT2D eigenvalue weighted by molar-refractivity contribution is 8.00. The van der Waals surface area contributed by atoms with Crippen molar-refractivity contribution >= 4 is 40.6 Å². The molecule has 2 aromatic rings. The molecule has 0 fully saturated rings. The maximum atomic E-state index is 12.3. The number of hydrogen-bond acceptors (Lipinski definition) is 5. The van der Waals surface area contributed by atoms with Crippen LogP contribution in [-0.2, 0) is 4.79 Å². The summed E-state index contributed by atoms with van der Waals surface area (Å²) in [4.78, 5) is 15.1. The van der Waals surface area contributed by atoms with Crippen LogP contribution in [-0.4, -0.2) is 39.0 Å². The quantitative estimate of drug-likeness (QED) is 0.799. The summed E-state index contributed by atoms with van der Waals surface area (Å²) in [5.74, 6) is 1.67. The van der Waals surface area contributed by atoms with E-state index in [-0.39, 0.29) is 5.91 Å². The summed E-state index contributed by atoms with van der Waals surface area (Å²) in [6, 6.07) is 11.2. The first-order valence-electron chi connectivity index (χ1n) is 7.83. The van der Waals surface area contributed by atoms with E-state index in [2.05, 4.69) is 5.32 Å². The van der Waals surface area contributed by atoms with E-state index >= 15 is 0 Å². The molecule has 1 N–H and O–H groups in total. The normalized spacial score (nSPS) is 12.6. The number of nitrogens with one attached hydrogen (secondary N) is 1. The molecule has 2 aromatic carbocycles. The molecule has 5 nitrogen and oxygen atoms in total. The molecule has 0 atom stereocenters. The van der Waals surface area contributed by atoms with Crippen LogP contribution in [0.25, 0.3) is 0 Å². The molecule has 0 bridgehead atoms. The highest BCUT2D eigenvalue weighted by Crippen LogP contribution is 2.35. The summed E-state index contributed by atoms with van der Waals surface area (Å²) >= 11 is 7.67. The largest absolute Gasteiger partial charge is 0.486 e. The van der Waals surface area contributed by atoms with Crippen LogP contribution >= 0.6 is 23.4 Å². The van der Waals surface area contributed by atoms with E-state index < -0.39 is 0 Å². The number of rotatable bonds is 5. The summed E-state index contributed by atoms with van der Waals surface area (Å²) in [7, 11) is 3.78. The monoisotopic (exact) mass is 378 g/mol. The fourth-order valence-electron chi connectivity index (χ4n) is 2.52. The lowest BCUT2D eigenvalue weighted by molar-refractivity contribution is -0.113. The summed E-state index contributed by atoms with van der Waals surface area (Å²) in [6.45, 7) is 1.11. The lowest BCUT2D eigenvalue weighted by atomic mass is 10.2. The van der Waals surface area contributed by atoms with E-state index in [0.717, 1.165) is 22.1 Å². The number of thioether (sulfide) groups is 1. The van der Waals surface area contributed by atoms with Crippen LogP contribution < -0.4 is 19.7 Å². The molecule has 1 amide bonds. The number of benzene rings is 2. The van der Waals surface area contributed by atoms with Crippen LogP contribution in [0, 0.1) is 0 Å². The molecule has 0 saturated carbocycles. The van der Waals surface area contributed by atoms with Crippen LogP contribution in [0.2, 0.25) is 5.02 Å². The number of halogens is 1. The molecular weight excluding hydrogens is 360 g/mol. The zero-order chi connectivity index (χ0) is 17.8. The van der Waals surface area contributed by atoms with Gasteiger partial charge in [-0.25, -0.2) is 0 Å². The second kappa shape index (κ2) is 7.89. The Morgan fingerprint density at radius 2 is 1.96 bits per heavy atom. The number of carbonyl (C=O) groups excluding carboxylic acids is 1. The third-order valence-electron chi connectivity index (χ3n) is 3.59. The zero-order valence-electron chi connectivity index (χ0n) is 14.0. The number of fused-ring (bicyclic) bond motifs is 1. The smallest absolute Gasteiger partial charge is 0.234 e. The number of amides is 1. The Labute approximate surface area is 156 Å². The molecule has 0 radical (unpaired) electrons. The minimum Gasteiger partial charge on any atom is -0.486 e. The zero-order valence-corrected chi connectivity index (χ0v) is 15.6. The molecule has 1 aliphatic heterocycles. The van der Waals surface area contributed by atoms with Gasteiger partial charge in [0.1, 0.15) is 13.2 Å². The van der Waals surface area contributed by atoms with Gasteiger partial charge < -0.3 is 19.7 Å².